The third kappa shape index (κ3) is 4.25. The van der Waals surface area contributed by atoms with Gasteiger partial charge in [0.2, 0.25) is 0 Å². The average Bonchev–Trinajstić information content (AvgIpc) is 3.13. The molecule has 3 aromatic rings. The number of rotatable bonds is 5. The van der Waals surface area contributed by atoms with Gasteiger partial charge in [0.15, 0.2) is 5.96 Å². The van der Waals surface area contributed by atoms with Crippen molar-refractivity contribution in [2.45, 2.75) is 13.0 Å². The van der Waals surface area contributed by atoms with E-state index in [-0.39, 0.29) is 0 Å². The Morgan fingerprint density at radius 2 is 2.12 bits per heavy atom. The number of hydrogen-bond acceptors (Lipinski definition) is 1. The van der Waals surface area contributed by atoms with Crippen molar-refractivity contribution in [2.24, 2.45) is 12.0 Å². The topological polar surface area (TPSA) is 48.4 Å². The van der Waals surface area contributed by atoms with Crippen LogP contribution in [-0.4, -0.2) is 41.1 Å². The van der Waals surface area contributed by atoms with Gasteiger partial charge in [-0.15, -0.1) is 0 Å². The van der Waals surface area contributed by atoms with E-state index in [9.17, 15) is 0 Å². The van der Waals surface area contributed by atoms with Crippen LogP contribution in [0.3, 0.4) is 0 Å². The van der Waals surface area contributed by atoms with E-state index in [2.05, 4.69) is 97.4 Å². The summed E-state index contributed by atoms with van der Waals surface area (Å²) in [7, 11) is 5.93. The van der Waals surface area contributed by atoms with Gasteiger partial charge in [-0.25, -0.2) is 0 Å². The molecule has 132 valence electrons. The van der Waals surface area contributed by atoms with E-state index in [0.29, 0.717) is 0 Å². The Morgan fingerprint density at radius 3 is 2.80 bits per heavy atom. The van der Waals surface area contributed by atoms with Crippen molar-refractivity contribution >= 4 is 32.8 Å². The maximum absolute atomic E-state index is 4.39. The van der Waals surface area contributed by atoms with Crippen LogP contribution in [0, 0.1) is 0 Å². The van der Waals surface area contributed by atoms with Gasteiger partial charge < -0.3 is 19.8 Å². The fraction of sp³-hybridized carbons (Fsp3) is 0.316. The lowest BCUT2D eigenvalue weighted by molar-refractivity contribution is 0.462. The molecule has 0 fully saturated rings. The molecule has 0 amide bonds. The first-order valence-corrected chi connectivity index (χ1v) is 9.15. The smallest absolute Gasteiger partial charge is 0.193 e. The zero-order valence-electron chi connectivity index (χ0n) is 14.9. The van der Waals surface area contributed by atoms with Crippen LogP contribution in [0.2, 0.25) is 0 Å². The molecule has 0 aliphatic heterocycles. The summed E-state index contributed by atoms with van der Waals surface area (Å²) in [5, 5.41) is 4.70. The molecule has 3 rings (SSSR count). The van der Waals surface area contributed by atoms with Crippen molar-refractivity contribution in [3.8, 4) is 0 Å². The molecule has 0 spiro atoms. The standard InChI is InChI=1S/C19H24BrN5/c1-21-19(25(3)13-17-11-15(20)12-24(17)2)22-9-8-16-10-14-6-4-5-7-18(14)23-16/h4-7,10-12,23H,8-9,13H2,1-3H3,(H,21,22). The van der Waals surface area contributed by atoms with E-state index < -0.39 is 0 Å². The van der Waals surface area contributed by atoms with E-state index in [0.717, 1.165) is 29.9 Å². The molecule has 0 atom stereocenters. The van der Waals surface area contributed by atoms with Crippen LogP contribution < -0.4 is 5.32 Å². The Hall–Kier alpha value is -2.21. The van der Waals surface area contributed by atoms with E-state index in [1.807, 2.05) is 7.05 Å². The molecule has 2 heterocycles. The number of para-hydroxylation sites is 1. The Balaban J connectivity index is 1.55. The van der Waals surface area contributed by atoms with Crippen LogP contribution >= 0.6 is 15.9 Å². The van der Waals surface area contributed by atoms with Crippen LogP contribution in [0.5, 0.6) is 0 Å². The van der Waals surface area contributed by atoms with Gasteiger partial charge in [0, 0.05) is 61.7 Å². The number of nitrogens with zero attached hydrogens (tertiary/aromatic N) is 3. The Morgan fingerprint density at radius 1 is 1.32 bits per heavy atom. The van der Waals surface area contributed by atoms with Crippen LogP contribution in [0.1, 0.15) is 11.4 Å². The summed E-state index contributed by atoms with van der Waals surface area (Å²) in [6.45, 7) is 1.63. The highest BCUT2D eigenvalue weighted by Crippen LogP contribution is 2.16. The maximum Gasteiger partial charge on any atom is 0.193 e. The minimum absolute atomic E-state index is 0.800. The zero-order valence-corrected chi connectivity index (χ0v) is 16.5. The first kappa shape index (κ1) is 17.6. The number of aliphatic imine (C=N–C) groups is 1. The van der Waals surface area contributed by atoms with Crippen molar-refractivity contribution in [1.29, 1.82) is 0 Å². The molecule has 0 aliphatic rings. The number of aryl methyl sites for hydroxylation is 1. The quantitative estimate of drug-likeness (QED) is 0.507. The first-order chi connectivity index (χ1) is 12.1. The van der Waals surface area contributed by atoms with Crippen molar-refractivity contribution in [1.82, 2.24) is 19.8 Å². The van der Waals surface area contributed by atoms with E-state index in [4.69, 9.17) is 0 Å². The number of fused-ring (bicyclic) bond motifs is 1. The average molecular weight is 402 g/mol. The van der Waals surface area contributed by atoms with Crippen molar-refractivity contribution in [2.75, 3.05) is 20.6 Å². The number of benzene rings is 1. The highest BCUT2D eigenvalue weighted by molar-refractivity contribution is 9.10. The molecule has 0 unspecified atom stereocenters. The summed E-state index contributed by atoms with van der Waals surface area (Å²) < 4.78 is 3.22. The summed E-state index contributed by atoms with van der Waals surface area (Å²) in [5.41, 5.74) is 3.65. The second-order valence-corrected chi connectivity index (χ2v) is 7.14. The number of aromatic amines is 1. The highest BCUT2D eigenvalue weighted by atomic mass is 79.9. The van der Waals surface area contributed by atoms with Gasteiger partial charge in [0.25, 0.3) is 0 Å². The lowest BCUT2D eigenvalue weighted by Gasteiger charge is -2.22. The Bertz CT molecular complexity index is 844. The second kappa shape index (κ2) is 7.78. The number of aromatic nitrogens is 2. The molecule has 0 radical (unpaired) electrons. The van der Waals surface area contributed by atoms with Gasteiger partial charge in [-0.3, -0.25) is 4.99 Å². The Kier molecular flexibility index (Phi) is 5.48. The molecule has 25 heavy (non-hydrogen) atoms. The molecular formula is C19H24BrN5. The van der Waals surface area contributed by atoms with Crippen LogP contribution in [0.4, 0.5) is 0 Å². The fourth-order valence-electron chi connectivity index (χ4n) is 3.00. The van der Waals surface area contributed by atoms with Crippen molar-refractivity contribution in [3.05, 3.63) is 58.5 Å². The second-order valence-electron chi connectivity index (χ2n) is 6.22. The SMILES string of the molecule is CN=C(NCCc1cc2ccccc2[nH]1)N(C)Cc1cc(Br)cn1C. The Labute approximate surface area is 156 Å². The maximum atomic E-state index is 4.39. The number of nitrogens with one attached hydrogen (secondary N) is 2. The third-order valence-corrected chi connectivity index (χ3v) is 4.74. The van der Waals surface area contributed by atoms with Gasteiger partial charge in [-0.2, -0.15) is 0 Å². The fourth-order valence-corrected chi connectivity index (χ4v) is 3.57. The van der Waals surface area contributed by atoms with E-state index in [1.54, 1.807) is 0 Å². The summed E-state index contributed by atoms with van der Waals surface area (Å²) in [4.78, 5) is 9.99. The molecule has 2 N–H and O–H groups in total. The van der Waals surface area contributed by atoms with E-state index in [1.165, 1.54) is 22.3 Å². The van der Waals surface area contributed by atoms with Gasteiger partial charge >= 0.3 is 0 Å². The van der Waals surface area contributed by atoms with Crippen molar-refractivity contribution < 1.29 is 0 Å². The number of guanidine groups is 1. The van der Waals surface area contributed by atoms with Crippen molar-refractivity contribution in [3.63, 3.8) is 0 Å². The lowest BCUT2D eigenvalue weighted by Crippen LogP contribution is -2.39. The monoisotopic (exact) mass is 401 g/mol. The highest BCUT2D eigenvalue weighted by Gasteiger charge is 2.09. The van der Waals surface area contributed by atoms with Gasteiger partial charge in [-0.1, -0.05) is 18.2 Å². The molecule has 1 aromatic carbocycles. The largest absolute Gasteiger partial charge is 0.358 e. The minimum atomic E-state index is 0.800. The molecule has 0 aliphatic carbocycles. The number of H-pyrrole nitrogens is 1. The first-order valence-electron chi connectivity index (χ1n) is 8.36. The summed E-state index contributed by atoms with van der Waals surface area (Å²) in [6, 6.07) is 12.7. The van der Waals surface area contributed by atoms with Crippen LogP contribution in [-0.2, 0) is 20.0 Å². The van der Waals surface area contributed by atoms with Crippen LogP contribution in [0.15, 0.2) is 52.1 Å². The number of hydrogen-bond donors (Lipinski definition) is 2. The normalized spacial score (nSPS) is 11.9. The predicted molar refractivity (Wildman–Crippen MR) is 108 cm³/mol. The minimum Gasteiger partial charge on any atom is -0.358 e. The molecule has 0 saturated carbocycles. The summed E-state index contributed by atoms with van der Waals surface area (Å²) >= 11 is 3.52. The lowest BCUT2D eigenvalue weighted by atomic mass is 10.2. The molecule has 5 nitrogen and oxygen atoms in total. The molecule has 6 heteroatoms. The predicted octanol–water partition coefficient (Wildman–Crippen LogP) is 3.52. The van der Waals surface area contributed by atoms with E-state index >= 15 is 0 Å². The molecular weight excluding hydrogens is 378 g/mol. The molecule has 2 aromatic heterocycles. The third-order valence-electron chi connectivity index (χ3n) is 4.31. The van der Waals surface area contributed by atoms with Gasteiger partial charge in [-0.05, 0) is 39.5 Å². The van der Waals surface area contributed by atoms with Crippen LogP contribution in [0.25, 0.3) is 10.9 Å². The van der Waals surface area contributed by atoms with Gasteiger partial charge in [0.1, 0.15) is 0 Å². The molecule has 0 bridgehead atoms. The van der Waals surface area contributed by atoms with Gasteiger partial charge in [0.05, 0.1) is 6.54 Å². The summed E-state index contributed by atoms with van der Waals surface area (Å²) in [6.07, 6.45) is 2.99. The summed E-state index contributed by atoms with van der Waals surface area (Å²) in [5.74, 6) is 0.897. The molecule has 0 saturated heterocycles. The zero-order chi connectivity index (χ0) is 17.8. The number of halogens is 1.